The molecule has 0 spiro atoms. The zero-order chi connectivity index (χ0) is 11.4. The summed E-state index contributed by atoms with van der Waals surface area (Å²) in [7, 11) is 0. The normalized spacial score (nSPS) is 10.3. The lowest BCUT2D eigenvalue weighted by Crippen LogP contribution is -1.90. The number of benzene rings is 1. The Hall–Kier alpha value is -1.19. The number of nitrogens with two attached hydrogens (primary N) is 1. The summed E-state index contributed by atoms with van der Waals surface area (Å²) >= 11 is 7.49. The number of aromatic nitrogens is 1. The highest BCUT2D eigenvalue weighted by Gasteiger charge is 2.01. The second kappa shape index (κ2) is 5.23. The van der Waals surface area contributed by atoms with Gasteiger partial charge in [-0.15, -0.1) is 11.8 Å². The first-order valence-corrected chi connectivity index (χ1v) is 6.21. The Balaban J connectivity index is 2.03. The summed E-state index contributed by atoms with van der Waals surface area (Å²) in [6.45, 7) is 0. The Morgan fingerprint density at radius 3 is 2.56 bits per heavy atom. The number of nitrogens with zero attached hydrogens (tertiary/aromatic N) is 1. The molecule has 0 radical (unpaired) electrons. The van der Waals surface area contributed by atoms with Crippen molar-refractivity contribution in [2.75, 3.05) is 5.73 Å². The molecule has 0 saturated carbocycles. The first-order chi connectivity index (χ1) is 7.75. The van der Waals surface area contributed by atoms with Gasteiger partial charge in [-0.1, -0.05) is 41.9 Å². The predicted molar refractivity (Wildman–Crippen MR) is 69.7 cm³/mol. The number of nitrogen functional groups attached to an aromatic ring is 1. The van der Waals surface area contributed by atoms with Crippen molar-refractivity contribution in [2.45, 2.75) is 10.8 Å². The van der Waals surface area contributed by atoms with E-state index in [4.69, 9.17) is 17.3 Å². The lowest BCUT2D eigenvalue weighted by atomic mass is 10.2. The van der Waals surface area contributed by atoms with E-state index in [1.54, 1.807) is 17.8 Å². The van der Waals surface area contributed by atoms with Gasteiger partial charge in [-0.2, -0.15) is 0 Å². The number of hydrogen-bond acceptors (Lipinski definition) is 3. The van der Waals surface area contributed by atoms with Crippen LogP contribution in [0.4, 0.5) is 5.69 Å². The molecule has 1 aromatic heterocycles. The highest BCUT2D eigenvalue weighted by atomic mass is 35.5. The van der Waals surface area contributed by atoms with Gasteiger partial charge < -0.3 is 5.73 Å². The zero-order valence-corrected chi connectivity index (χ0v) is 10.1. The first-order valence-electron chi connectivity index (χ1n) is 4.84. The van der Waals surface area contributed by atoms with E-state index in [1.807, 2.05) is 24.3 Å². The largest absolute Gasteiger partial charge is 0.396 e. The highest BCUT2D eigenvalue weighted by molar-refractivity contribution is 7.98. The molecule has 2 rings (SSSR count). The smallest absolute Gasteiger partial charge is 0.153 e. The quantitative estimate of drug-likeness (QED) is 0.668. The standard InChI is InChI=1S/C12H11ClN2S/c13-12-10(14)6-7-11(15-12)16-8-9-4-2-1-3-5-9/h1-7H,8,14H2. The van der Waals surface area contributed by atoms with Crippen LogP contribution in [0, 0.1) is 0 Å². The monoisotopic (exact) mass is 250 g/mol. The molecule has 0 atom stereocenters. The first kappa shape index (κ1) is 11.3. The van der Waals surface area contributed by atoms with Crippen LogP contribution in [0.25, 0.3) is 0 Å². The van der Waals surface area contributed by atoms with Crippen molar-refractivity contribution in [3.8, 4) is 0 Å². The van der Waals surface area contributed by atoms with Crippen molar-refractivity contribution < 1.29 is 0 Å². The minimum Gasteiger partial charge on any atom is -0.396 e. The number of thioether (sulfide) groups is 1. The van der Waals surface area contributed by atoms with Gasteiger partial charge in [0.25, 0.3) is 0 Å². The minimum absolute atomic E-state index is 0.373. The minimum atomic E-state index is 0.373. The number of pyridine rings is 1. The van der Waals surface area contributed by atoms with E-state index >= 15 is 0 Å². The van der Waals surface area contributed by atoms with Crippen molar-refractivity contribution in [3.05, 3.63) is 53.2 Å². The van der Waals surface area contributed by atoms with Gasteiger partial charge in [0.2, 0.25) is 0 Å². The molecular formula is C12H11ClN2S. The Morgan fingerprint density at radius 1 is 1.12 bits per heavy atom. The van der Waals surface area contributed by atoms with Crippen LogP contribution in [0.15, 0.2) is 47.5 Å². The summed E-state index contributed by atoms with van der Waals surface area (Å²) < 4.78 is 0. The number of hydrogen-bond donors (Lipinski definition) is 1. The van der Waals surface area contributed by atoms with E-state index in [2.05, 4.69) is 17.1 Å². The van der Waals surface area contributed by atoms with E-state index in [1.165, 1.54) is 5.56 Å². The molecule has 2 N–H and O–H groups in total. The number of anilines is 1. The Morgan fingerprint density at radius 2 is 1.88 bits per heavy atom. The summed E-state index contributed by atoms with van der Waals surface area (Å²) in [5.74, 6) is 0.883. The van der Waals surface area contributed by atoms with E-state index in [0.29, 0.717) is 10.8 Å². The van der Waals surface area contributed by atoms with Gasteiger partial charge in [0.05, 0.1) is 10.7 Å². The van der Waals surface area contributed by atoms with Crippen molar-refractivity contribution in [2.24, 2.45) is 0 Å². The molecule has 0 fully saturated rings. The molecule has 2 nitrogen and oxygen atoms in total. The van der Waals surface area contributed by atoms with Gasteiger partial charge in [0.1, 0.15) is 0 Å². The average Bonchev–Trinajstić information content (AvgIpc) is 2.32. The van der Waals surface area contributed by atoms with Gasteiger partial charge in [0.15, 0.2) is 5.15 Å². The molecule has 0 unspecified atom stereocenters. The molecule has 1 aromatic carbocycles. The second-order valence-electron chi connectivity index (χ2n) is 3.30. The van der Waals surface area contributed by atoms with Gasteiger partial charge >= 0.3 is 0 Å². The Bertz CT molecular complexity index is 474. The Labute approximate surface area is 104 Å². The van der Waals surface area contributed by atoms with Gasteiger partial charge in [0, 0.05) is 5.75 Å². The molecule has 1 heterocycles. The highest BCUT2D eigenvalue weighted by Crippen LogP contribution is 2.24. The van der Waals surface area contributed by atoms with E-state index < -0.39 is 0 Å². The number of halogens is 1. The second-order valence-corrected chi connectivity index (χ2v) is 4.66. The fourth-order valence-corrected chi connectivity index (χ4v) is 2.27. The van der Waals surface area contributed by atoms with Gasteiger partial charge in [-0.05, 0) is 17.7 Å². The summed E-state index contributed by atoms with van der Waals surface area (Å²) in [4.78, 5) is 4.19. The lowest BCUT2D eigenvalue weighted by molar-refractivity contribution is 1.13. The van der Waals surface area contributed by atoms with Crippen LogP contribution in [0.3, 0.4) is 0 Å². The molecule has 0 aliphatic heterocycles. The van der Waals surface area contributed by atoms with Crippen LogP contribution >= 0.6 is 23.4 Å². The summed E-state index contributed by atoms with van der Waals surface area (Å²) in [6.07, 6.45) is 0. The molecule has 0 bridgehead atoms. The molecule has 0 aliphatic rings. The SMILES string of the molecule is Nc1ccc(SCc2ccccc2)nc1Cl. The molecule has 82 valence electrons. The van der Waals surface area contributed by atoms with Crippen molar-refractivity contribution in [1.29, 1.82) is 0 Å². The fraction of sp³-hybridized carbons (Fsp3) is 0.0833. The van der Waals surface area contributed by atoms with Crippen LogP contribution < -0.4 is 5.73 Å². The fourth-order valence-electron chi connectivity index (χ4n) is 1.24. The van der Waals surface area contributed by atoms with Crippen molar-refractivity contribution in [1.82, 2.24) is 4.98 Å². The van der Waals surface area contributed by atoms with E-state index in [-0.39, 0.29) is 0 Å². The maximum absolute atomic E-state index is 5.85. The number of rotatable bonds is 3. The van der Waals surface area contributed by atoms with Gasteiger partial charge in [-0.25, -0.2) is 4.98 Å². The van der Waals surface area contributed by atoms with Crippen LogP contribution in [0.5, 0.6) is 0 Å². The van der Waals surface area contributed by atoms with E-state index in [9.17, 15) is 0 Å². The van der Waals surface area contributed by atoms with Crippen LogP contribution in [0.2, 0.25) is 5.15 Å². The summed E-state index contributed by atoms with van der Waals surface area (Å²) in [6, 6.07) is 13.9. The molecule has 4 heteroatoms. The third-order valence-electron chi connectivity index (χ3n) is 2.08. The van der Waals surface area contributed by atoms with Crippen LogP contribution in [-0.4, -0.2) is 4.98 Å². The molecule has 0 aliphatic carbocycles. The van der Waals surface area contributed by atoms with Crippen molar-refractivity contribution >= 4 is 29.1 Å². The molecular weight excluding hydrogens is 240 g/mol. The molecule has 2 aromatic rings. The van der Waals surface area contributed by atoms with Crippen LogP contribution in [-0.2, 0) is 5.75 Å². The van der Waals surface area contributed by atoms with E-state index in [0.717, 1.165) is 10.8 Å². The molecule has 16 heavy (non-hydrogen) atoms. The lowest BCUT2D eigenvalue weighted by Gasteiger charge is -2.03. The third kappa shape index (κ3) is 2.90. The average molecular weight is 251 g/mol. The predicted octanol–water partition coefficient (Wildman–Crippen LogP) is 3.61. The van der Waals surface area contributed by atoms with Crippen molar-refractivity contribution in [3.63, 3.8) is 0 Å². The summed E-state index contributed by atoms with van der Waals surface area (Å²) in [5, 5.41) is 1.26. The zero-order valence-electron chi connectivity index (χ0n) is 8.56. The van der Waals surface area contributed by atoms with Gasteiger partial charge in [-0.3, -0.25) is 0 Å². The maximum Gasteiger partial charge on any atom is 0.153 e. The molecule has 0 amide bonds. The van der Waals surface area contributed by atoms with Crippen LogP contribution in [0.1, 0.15) is 5.56 Å². The third-order valence-corrected chi connectivity index (χ3v) is 3.39. The summed E-state index contributed by atoms with van der Waals surface area (Å²) in [5.41, 5.74) is 7.38. The molecule has 0 saturated heterocycles. The topological polar surface area (TPSA) is 38.9 Å². The maximum atomic E-state index is 5.85. The Kier molecular flexibility index (Phi) is 3.70.